The SMILES string of the molecule is Cc1cc(C#Cc2ccccc2)cc(C)c1N. The molecule has 2 aromatic rings. The lowest BCUT2D eigenvalue weighted by Crippen LogP contribution is -1.94. The van der Waals surface area contributed by atoms with Crippen LogP contribution in [0.25, 0.3) is 0 Å². The molecule has 0 bridgehead atoms. The Labute approximate surface area is 102 Å². The monoisotopic (exact) mass is 221 g/mol. The van der Waals surface area contributed by atoms with Gasteiger partial charge in [0.25, 0.3) is 0 Å². The van der Waals surface area contributed by atoms with Crippen LogP contribution < -0.4 is 5.73 Å². The Kier molecular flexibility index (Phi) is 3.16. The molecule has 0 saturated carbocycles. The molecule has 0 amide bonds. The van der Waals surface area contributed by atoms with E-state index in [2.05, 4.69) is 11.8 Å². The fraction of sp³-hybridized carbons (Fsp3) is 0.125. The third kappa shape index (κ3) is 2.68. The van der Waals surface area contributed by atoms with Gasteiger partial charge in [0, 0.05) is 16.8 Å². The van der Waals surface area contributed by atoms with Gasteiger partial charge in [0.1, 0.15) is 0 Å². The summed E-state index contributed by atoms with van der Waals surface area (Å²) in [4.78, 5) is 0. The minimum Gasteiger partial charge on any atom is -0.398 e. The van der Waals surface area contributed by atoms with Crippen LogP contribution in [0, 0.1) is 25.7 Å². The van der Waals surface area contributed by atoms with Crippen LogP contribution in [0.5, 0.6) is 0 Å². The maximum absolute atomic E-state index is 5.91. The molecule has 0 radical (unpaired) electrons. The molecule has 2 aromatic carbocycles. The van der Waals surface area contributed by atoms with E-state index >= 15 is 0 Å². The number of rotatable bonds is 0. The van der Waals surface area contributed by atoms with E-state index in [4.69, 9.17) is 5.73 Å². The molecule has 84 valence electrons. The van der Waals surface area contributed by atoms with Crippen molar-refractivity contribution in [2.75, 3.05) is 5.73 Å². The molecule has 0 fully saturated rings. The average molecular weight is 221 g/mol. The molecule has 1 nitrogen and oxygen atoms in total. The zero-order chi connectivity index (χ0) is 12.3. The summed E-state index contributed by atoms with van der Waals surface area (Å²) in [5, 5.41) is 0. The van der Waals surface area contributed by atoms with Gasteiger partial charge in [-0.1, -0.05) is 30.0 Å². The van der Waals surface area contributed by atoms with Crippen molar-refractivity contribution >= 4 is 5.69 Å². The predicted octanol–water partition coefficient (Wildman–Crippen LogP) is 3.29. The maximum atomic E-state index is 5.91. The Morgan fingerprint density at radius 1 is 0.824 bits per heavy atom. The Morgan fingerprint density at radius 2 is 1.35 bits per heavy atom. The lowest BCUT2D eigenvalue weighted by Gasteiger charge is -2.04. The molecule has 0 heterocycles. The van der Waals surface area contributed by atoms with Gasteiger partial charge in [-0.2, -0.15) is 0 Å². The van der Waals surface area contributed by atoms with Crippen molar-refractivity contribution in [1.82, 2.24) is 0 Å². The standard InChI is InChI=1S/C16H15N/c1-12-10-15(11-13(2)16(12)17)9-8-14-6-4-3-5-7-14/h3-7,10-11H,17H2,1-2H3. The Morgan fingerprint density at radius 3 is 1.94 bits per heavy atom. The third-order valence-corrected chi connectivity index (χ3v) is 2.72. The summed E-state index contributed by atoms with van der Waals surface area (Å²) in [6.07, 6.45) is 0. The minimum absolute atomic E-state index is 0.857. The molecule has 0 spiro atoms. The summed E-state index contributed by atoms with van der Waals surface area (Å²) in [5.74, 6) is 6.31. The zero-order valence-corrected chi connectivity index (χ0v) is 10.1. The van der Waals surface area contributed by atoms with Gasteiger partial charge >= 0.3 is 0 Å². The molecule has 0 saturated heterocycles. The van der Waals surface area contributed by atoms with Crippen molar-refractivity contribution < 1.29 is 0 Å². The van der Waals surface area contributed by atoms with Crippen LogP contribution in [-0.2, 0) is 0 Å². The number of hydrogen-bond acceptors (Lipinski definition) is 1. The topological polar surface area (TPSA) is 26.0 Å². The first kappa shape index (κ1) is 11.3. The number of nitrogen functional groups attached to an aromatic ring is 1. The van der Waals surface area contributed by atoms with Gasteiger partial charge in [-0.05, 0) is 49.2 Å². The molecule has 0 atom stereocenters. The second-order valence-corrected chi connectivity index (χ2v) is 4.14. The average Bonchev–Trinajstić information content (AvgIpc) is 2.34. The van der Waals surface area contributed by atoms with Gasteiger partial charge < -0.3 is 5.73 Å². The van der Waals surface area contributed by atoms with Crippen molar-refractivity contribution in [2.45, 2.75) is 13.8 Å². The van der Waals surface area contributed by atoms with E-state index in [1.165, 1.54) is 0 Å². The van der Waals surface area contributed by atoms with E-state index in [1.807, 2.05) is 56.3 Å². The molecule has 0 aromatic heterocycles. The molecule has 17 heavy (non-hydrogen) atoms. The van der Waals surface area contributed by atoms with Gasteiger partial charge in [0.05, 0.1) is 0 Å². The summed E-state index contributed by atoms with van der Waals surface area (Å²) in [6, 6.07) is 14.0. The second-order valence-electron chi connectivity index (χ2n) is 4.14. The summed E-state index contributed by atoms with van der Waals surface area (Å²) in [5.41, 5.74) is 11.0. The highest BCUT2D eigenvalue weighted by atomic mass is 14.6. The number of nitrogens with two attached hydrogens (primary N) is 1. The van der Waals surface area contributed by atoms with Crippen LogP contribution >= 0.6 is 0 Å². The predicted molar refractivity (Wildman–Crippen MR) is 72.8 cm³/mol. The van der Waals surface area contributed by atoms with Crippen LogP contribution in [0.1, 0.15) is 22.3 Å². The number of aryl methyl sites for hydroxylation is 2. The molecule has 0 aliphatic carbocycles. The van der Waals surface area contributed by atoms with Gasteiger partial charge in [0.15, 0.2) is 0 Å². The van der Waals surface area contributed by atoms with E-state index in [0.717, 1.165) is 27.9 Å². The molecule has 2 rings (SSSR count). The van der Waals surface area contributed by atoms with Crippen molar-refractivity contribution in [2.24, 2.45) is 0 Å². The second kappa shape index (κ2) is 4.76. The first-order valence-corrected chi connectivity index (χ1v) is 5.60. The Hall–Kier alpha value is -2.20. The highest BCUT2D eigenvalue weighted by Gasteiger charge is 1.99. The lowest BCUT2D eigenvalue weighted by molar-refractivity contribution is 1.37. The van der Waals surface area contributed by atoms with E-state index in [1.54, 1.807) is 0 Å². The summed E-state index contributed by atoms with van der Waals surface area (Å²) < 4.78 is 0. The molecule has 2 N–H and O–H groups in total. The smallest absolute Gasteiger partial charge is 0.0374 e. The molecule has 0 unspecified atom stereocenters. The van der Waals surface area contributed by atoms with Crippen molar-refractivity contribution in [3.05, 3.63) is 64.7 Å². The number of anilines is 1. The van der Waals surface area contributed by atoms with E-state index < -0.39 is 0 Å². The lowest BCUT2D eigenvalue weighted by atomic mass is 10.0. The number of benzene rings is 2. The van der Waals surface area contributed by atoms with E-state index in [0.29, 0.717) is 0 Å². The molecule has 0 aliphatic heterocycles. The van der Waals surface area contributed by atoms with Crippen molar-refractivity contribution in [3.63, 3.8) is 0 Å². The van der Waals surface area contributed by atoms with Gasteiger partial charge in [0.2, 0.25) is 0 Å². The number of hydrogen-bond donors (Lipinski definition) is 1. The fourth-order valence-corrected chi connectivity index (χ4v) is 1.71. The van der Waals surface area contributed by atoms with Crippen LogP contribution in [0.4, 0.5) is 5.69 Å². The summed E-state index contributed by atoms with van der Waals surface area (Å²) >= 11 is 0. The Balaban J connectivity index is 2.35. The van der Waals surface area contributed by atoms with Crippen molar-refractivity contribution in [3.8, 4) is 11.8 Å². The molecule has 0 aliphatic rings. The first-order valence-electron chi connectivity index (χ1n) is 5.60. The van der Waals surface area contributed by atoms with Gasteiger partial charge in [-0.3, -0.25) is 0 Å². The highest BCUT2D eigenvalue weighted by Crippen LogP contribution is 2.17. The highest BCUT2D eigenvalue weighted by molar-refractivity contribution is 5.57. The molecular formula is C16H15N. The van der Waals surface area contributed by atoms with E-state index in [9.17, 15) is 0 Å². The quantitative estimate of drug-likeness (QED) is 0.536. The normalized spacial score (nSPS) is 9.53. The maximum Gasteiger partial charge on any atom is 0.0374 e. The summed E-state index contributed by atoms with van der Waals surface area (Å²) in [6.45, 7) is 4.02. The van der Waals surface area contributed by atoms with Crippen molar-refractivity contribution in [1.29, 1.82) is 0 Å². The van der Waals surface area contributed by atoms with Gasteiger partial charge in [-0.15, -0.1) is 0 Å². The van der Waals surface area contributed by atoms with Crippen LogP contribution in [0.15, 0.2) is 42.5 Å². The van der Waals surface area contributed by atoms with Crippen LogP contribution in [0.3, 0.4) is 0 Å². The van der Waals surface area contributed by atoms with Gasteiger partial charge in [-0.25, -0.2) is 0 Å². The zero-order valence-electron chi connectivity index (χ0n) is 10.1. The van der Waals surface area contributed by atoms with Crippen LogP contribution in [-0.4, -0.2) is 0 Å². The third-order valence-electron chi connectivity index (χ3n) is 2.72. The first-order chi connectivity index (χ1) is 8.16. The summed E-state index contributed by atoms with van der Waals surface area (Å²) in [7, 11) is 0. The van der Waals surface area contributed by atoms with E-state index in [-0.39, 0.29) is 0 Å². The molecule has 1 heteroatoms. The fourth-order valence-electron chi connectivity index (χ4n) is 1.71. The van der Waals surface area contributed by atoms with Crippen LogP contribution in [0.2, 0.25) is 0 Å². The Bertz CT molecular complexity index is 563. The molecular weight excluding hydrogens is 206 g/mol. The minimum atomic E-state index is 0.857. The largest absolute Gasteiger partial charge is 0.398 e.